The Balaban J connectivity index is 2.35. The maximum Gasteiger partial charge on any atom is 0.0991 e. The van der Waals surface area contributed by atoms with Gasteiger partial charge in [-0.3, -0.25) is 0 Å². The lowest BCUT2D eigenvalue weighted by molar-refractivity contribution is 0.101. The molecule has 1 rings (SSSR count). The number of nitriles is 1. The maximum atomic E-state index is 9.96. The van der Waals surface area contributed by atoms with E-state index in [4.69, 9.17) is 5.26 Å². The molecule has 0 aliphatic rings. The SMILES string of the molecule is CCC(CC)C(O)CNCc1ccc(C#N)cc1. The molecule has 0 bridgehead atoms. The molecule has 0 heterocycles. The monoisotopic (exact) mass is 246 g/mol. The second-order valence-corrected chi connectivity index (χ2v) is 4.58. The Bertz CT molecular complexity index is 376. The van der Waals surface area contributed by atoms with Crippen molar-refractivity contribution in [3.05, 3.63) is 35.4 Å². The smallest absolute Gasteiger partial charge is 0.0991 e. The van der Waals surface area contributed by atoms with Crippen LogP contribution in [0.5, 0.6) is 0 Å². The van der Waals surface area contributed by atoms with E-state index in [2.05, 4.69) is 25.2 Å². The summed E-state index contributed by atoms with van der Waals surface area (Å²) in [5, 5.41) is 21.9. The predicted octanol–water partition coefficient (Wildman–Crippen LogP) is 2.44. The predicted molar refractivity (Wildman–Crippen MR) is 72.9 cm³/mol. The van der Waals surface area contributed by atoms with Gasteiger partial charge in [-0.1, -0.05) is 38.8 Å². The van der Waals surface area contributed by atoms with Crippen LogP contribution in [-0.2, 0) is 6.54 Å². The zero-order chi connectivity index (χ0) is 13.4. The minimum absolute atomic E-state index is 0.279. The number of nitrogens with zero attached hydrogens (tertiary/aromatic N) is 1. The van der Waals surface area contributed by atoms with Gasteiger partial charge in [0.1, 0.15) is 0 Å². The molecule has 0 aromatic heterocycles. The largest absolute Gasteiger partial charge is 0.392 e. The first kappa shape index (κ1) is 14.7. The van der Waals surface area contributed by atoms with Crippen molar-refractivity contribution in [1.82, 2.24) is 5.32 Å². The molecule has 18 heavy (non-hydrogen) atoms. The van der Waals surface area contributed by atoms with Crippen LogP contribution in [0, 0.1) is 17.2 Å². The van der Waals surface area contributed by atoms with Crippen molar-refractivity contribution < 1.29 is 5.11 Å². The number of hydrogen-bond acceptors (Lipinski definition) is 3. The highest BCUT2D eigenvalue weighted by Crippen LogP contribution is 2.12. The first-order chi connectivity index (χ1) is 8.71. The number of benzene rings is 1. The lowest BCUT2D eigenvalue weighted by atomic mass is 9.96. The topological polar surface area (TPSA) is 56.0 Å². The van der Waals surface area contributed by atoms with Crippen LogP contribution in [0.2, 0.25) is 0 Å². The van der Waals surface area contributed by atoms with E-state index in [-0.39, 0.29) is 6.10 Å². The Morgan fingerprint density at radius 3 is 2.33 bits per heavy atom. The van der Waals surface area contributed by atoms with Crippen LogP contribution in [0.3, 0.4) is 0 Å². The van der Waals surface area contributed by atoms with Gasteiger partial charge in [-0.2, -0.15) is 5.26 Å². The molecule has 0 aliphatic carbocycles. The van der Waals surface area contributed by atoms with Gasteiger partial charge in [0.15, 0.2) is 0 Å². The number of nitrogens with one attached hydrogen (secondary N) is 1. The molecule has 3 heteroatoms. The standard InChI is InChI=1S/C15H22N2O/c1-3-14(4-2)15(18)11-17-10-13-7-5-12(9-16)6-8-13/h5-8,14-15,17-18H,3-4,10-11H2,1-2H3. The van der Waals surface area contributed by atoms with Crippen molar-refractivity contribution >= 4 is 0 Å². The van der Waals surface area contributed by atoms with E-state index in [9.17, 15) is 5.11 Å². The van der Waals surface area contributed by atoms with E-state index in [0.717, 1.165) is 24.9 Å². The average molecular weight is 246 g/mol. The molecule has 1 aromatic rings. The molecule has 0 fully saturated rings. The van der Waals surface area contributed by atoms with Gasteiger partial charge in [0.2, 0.25) is 0 Å². The third-order valence-electron chi connectivity index (χ3n) is 3.36. The Morgan fingerprint density at radius 2 is 1.83 bits per heavy atom. The van der Waals surface area contributed by atoms with E-state index < -0.39 is 0 Å². The van der Waals surface area contributed by atoms with Gasteiger partial charge in [0.05, 0.1) is 17.7 Å². The molecule has 0 amide bonds. The minimum atomic E-state index is -0.279. The van der Waals surface area contributed by atoms with Gasteiger partial charge < -0.3 is 10.4 Å². The molecule has 98 valence electrons. The molecule has 0 saturated heterocycles. The van der Waals surface area contributed by atoms with Crippen molar-refractivity contribution in [3.8, 4) is 6.07 Å². The average Bonchev–Trinajstić information content (AvgIpc) is 2.41. The molecular weight excluding hydrogens is 224 g/mol. The minimum Gasteiger partial charge on any atom is -0.392 e. The second-order valence-electron chi connectivity index (χ2n) is 4.58. The highest BCUT2D eigenvalue weighted by atomic mass is 16.3. The fraction of sp³-hybridized carbons (Fsp3) is 0.533. The van der Waals surface area contributed by atoms with Crippen LogP contribution in [0.1, 0.15) is 37.8 Å². The van der Waals surface area contributed by atoms with Crippen molar-refractivity contribution in [2.75, 3.05) is 6.54 Å². The lowest BCUT2D eigenvalue weighted by Gasteiger charge is -2.20. The van der Waals surface area contributed by atoms with Gasteiger partial charge in [0.25, 0.3) is 0 Å². The van der Waals surface area contributed by atoms with Crippen LogP contribution >= 0.6 is 0 Å². The zero-order valence-corrected chi connectivity index (χ0v) is 11.2. The number of rotatable bonds is 7. The van der Waals surface area contributed by atoms with Crippen LogP contribution in [-0.4, -0.2) is 17.8 Å². The Kier molecular flexibility index (Phi) is 6.42. The molecule has 1 atom stereocenters. The molecule has 1 aromatic carbocycles. The van der Waals surface area contributed by atoms with Gasteiger partial charge in [0, 0.05) is 13.1 Å². The molecule has 1 unspecified atom stereocenters. The van der Waals surface area contributed by atoms with E-state index in [1.54, 1.807) is 0 Å². The third kappa shape index (κ3) is 4.48. The van der Waals surface area contributed by atoms with Crippen molar-refractivity contribution in [1.29, 1.82) is 5.26 Å². The first-order valence-corrected chi connectivity index (χ1v) is 6.59. The van der Waals surface area contributed by atoms with Gasteiger partial charge in [-0.05, 0) is 23.6 Å². The normalized spacial score (nSPS) is 12.4. The third-order valence-corrected chi connectivity index (χ3v) is 3.36. The van der Waals surface area contributed by atoms with Gasteiger partial charge >= 0.3 is 0 Å². The molecular formula is C15H22N2O. The quantitative estimate of drug-likeness (QED) is 0.777. The van der Waals surface area contributed by atoms with E-state index in [0.29, 0.717) is 18.0 Å². The molecule has 0 saturated carbocycles. The molecule has 0 aliphatic heterocycles. The summed E-state index contributed by atoms with van der Waals surface area (Å²) in [6.07, 6.45) is 1.74. The van der Waals surface area contributed by atoms with E-state index in [1.165, 1.54) is 0 Å². The summed E-state index contributed by atoms with van der Waals surface area (Å²) in [7, 11) is 0. The van der Waals surface area contributed by atoms with Crippen LogP contribution < -0.4 is 5.32 Å². The van der Waals surface area contributed by atoms with Crippen molar-refractivity contribution in [3.63, 3.8) is 0 Å². The maximum absolute atomic E-state index is 9.96. The molecule has 0 spiro atoms. The van der Waals surface area contributed by atoms with Crippen LogP contribution in [0.25, 0.3) is 0 Å². The second kappa shape index (κ2) is 7.86. The van der Waals surface area contributed by atoms with E-state index in [1.807, 2.05) is 24.3 Å². The van der Waals surface area contributed by atoms with Gasteiger partial charge in [-0.15, -0.1) is 0 Å². The van der Waals surface area contributed by atoms with Crippen molar-refractivity contribution in [2.24, 2.45) is 5.92 Å². The summed E-state index contributed by atoms with van der Waals surface area (Å²) < 4.78 is 0. The molecule has 2 N–H and O–H groups in total. The first-order valence-electron chi connectivity index (χ1n) is 6.59. The van der Waals surface area contributed by atoms with Crippen LogP contribution in [0.4, 0.5) is 0 Å². The summed E-state index contributed by atoms with van der Waals surface area (Å²) in [5.74, 6) is 0.374. The fourth-order valence-corrected chi connectivity index (χ4v) is 2.06. The van der Waals surface area contributed by atoms with E-state index >= 15 is 0 Å². The summed E-state index contributed by atoms with van der Waals surface area (Å²) in [5.41, 5.74) is 1.81. The Morgan fingerprint density at radius 1 is 1.22 bits per heavy atom. The highest BCUT2D eigenvalue weighted by Gasteiger charge is 2.14. The molecule has 3 nitrogen and oxygen atoms in total. The highest BCUT2D eigenvalue weighted by molar-refractivity contribution is 5.31. The molecule has 0 radical (unpaired) electrons. The van der Waals surface area contributed by atoms with Crippen LogP contribution in [0.15, 0.2) is 24.3 Å². The van der Waals surface area contributed by atoms with Gasteiger partial charge in [-0.25, -0.2) is 0 Å². The zero-order valence-electron chi connectivity index (χ0n) is 11.2. The summed E-state index contributed by atoms with van der Waals surface area (Å²) in [6.45, 7) is 5.56. The number of aliphatic hydroxyl groups is 1. The lowest BCUT2D eigenvalue weighted by Crippen LogP contribution is -2.32. The Hall–Kier alpha value is -1.37. The summed E-state index contributed by atoms with van der Waals surface area (Å²) >= 11 is 0. The number of hydrogen-bond donors (Lipinski definition) is 2. The fourth-order valence-electron chi connectivity index (χ4n) is 2.06. The number of aliphatic hydroxyl groups excluding tert-OH is 1. The summed E-state index contributed by atoms with van der Waals surface area (Å²) in [6, 6.07) is 9.60. The summed E-state index contributed by atoms with van der Waals surface area (Å²) in [4.78, 5) is 0. The van der Waals surface area contributed by atoms with Crippen molar-refractivity contribution in [2.45, 2.75) is 39.3 Å². The Labute approximate surface area is 109 Å².